The van der Waals surface area contributed by atoms with Gasteiger partial charge in [-0.3, -0.25) is 4.90 Å². The number of hydrogen-bond donors (Lipinski definition) is 0. The van der Waals surface area contributed by atoms with E-state index < -0.39 is 17.8 Å². The van der Waals surface area contributed by atoms with E-state index in [1.54, 1.807) is 18.2 Å². The summed E-state index contributed by atoms with van der Waals surface area (Å²) in [6.07, 6.45) is 5.05. The Bertz CT molecular complexity index is 1040. The van der Waals surface area contributed by atoms with E-state index in [-0.39, 0.29) is 29.9 Å². The number of anilines is 1. The van der Waals surface area contributed by atoms with Crippen LogP contribution in [-0.4, -0.2) is 24.8 Å². The van der Waals surface area contributed by atoms with Crippen molar-refractivity contribution in [3.05, 3.63) is 35.9 Å². The molecule has 34 heavy (non-hydrogen) atoms. The van der Waals surface area contributed by atoms with Crippen molar-refractivity contribution < 1.29 is 27.4 Å². The molecule has 2 saturated carbocycles. The number of carbonyl (C=O) groups is 1. The van der Waals surface area contributed by atoms with E-state index in [0.29, 0.717) is 17.0 Å². The van der Waals surface area contributed by atoms with Gasteiger partial charge in [0.1, 0.15) is 17.9 Å². The Hall–Kier alpha value is -2.44. The minimum atomic E-state index is -4.55. The summed E-state index contributed by atoms with van der Waals surface area (Å²) in [5.41, 5.74) is -0.201. The highest BCUT2D eigenvalue weighted by atomic mass is 19.4. The molecule has 1 heterocycles. The molecule has 3 aliphatic rings. The maximum atomic E-state index is 14.2. The second-order valence-corrected chi connectivity index (χ2v) is 10.2. The molecular formula is C27H32F3NO3. The molecule has 2 aromatic rings. The first-order valence-corrected chi connectivity index (χ1v) is 12.6. The lowest BCUT2D eigenvalue weighted by atomic mass is 9.73. The quantitative estimate of drug-likeness (QED) is 0.454. The number of nitrogens with zero attached hydrogens (tertiary/aromatic N) is 1. The summed E-state index contributed by atoms with van der Waals surface area (Å²) < 4.78 is 53.7. The highest BCUT2D eigenvalue weighted by Gasteiger charge is 2.38. The second kappa shape index (κ2) is 9.31. The number of hydrogen-bond acceptors (Lipinski definition) is 3. The molecule has 1 saturated heterocycles. The minimum absolute atomic E-state index is 0.0878. The highest BCUT2D eigenvalue weighted by Crippen LogP contribution is 2.44. The Morgan fingerprint density at radius 3 is 2.29 bits per heavy atom. The van der Waals surface area contributed by atoms with Crippen molar-refractivity contribution in [1.29, 1.82) is 0 Å². The summed E-state index contributed by atoms with van der Waals surface area (Å²) in [6.45, 7) is 2.11. The zero-order valence-corrected chi connectivity index (χ0v) is 19.6. The smallest absolute Gasteiger partial charge is 0.420 e. The molecule has 1 atom stereocenters. The highest BCUT2D eigenvalue weighted by molar-refractivity contribution is 5.96. The number of ether oxygens (including phenoxy) is 2. The first-order chi connectivity index (χ1) is 16.3. The number of rotatable bonds is 4. The van der Waals surface area contributed by atoms with Crippen LogP contribution in [0.1, 0.15) is 70.3 Å². The third-order valence-corrected chi connectivity index (χ3v) is 7.94. The standard InChI is InChI=1S/C27H32F3NO3/c1-17-16-33-26(32)31(17)21-10-13-23-20(15-21)9-14-24(25(23)27(28,29)30)34-22-11-7-19(8-12-22)18-5-3-2-4-6-18/h9-10,13-15,17-19,22H,2-8,11-12,16H2,1H3. The summed E-state index contributed by atoms with van der Waals surface area (Å²) in [6, 6.07) is 7.54. The molecular weight excluding hydrogens is 443 g/mol. The topological polar surface area (TPSA) is 38.8 Å². The van der Waals surface area contributed by atoms with Gasteiger partial charge in [-0.2, -0.15) is 13.2 Å². The van der Waals surface area contributed by atoms with Crippen LogP contribution in [0.25, 0.3) is 10.8 Å². The predicted molar refractivity (Wildman–Crippen MR) is 125 cm³/mol. The zero-order valence-electron chi connectivity index (χ0n) is 19.6. The maximum absolute atomic E-state index is 14.2. The van der Waals surface area contributed by atoms with Gasteiger partial charge in [-0.15, -0.1) is 0 Å². The van der Waals surface area contributed by atoms with E-state index >= 15 is 0 Å². The fourth-order valence-corrected chi connectivity index (χ4v) is 6.18. The average molecular weight is 476 g/mol. The van der Waals surface area contributed by atoms with E-state index in [1.807, 2.05) is 6.92 Å². The van der Waals surface area contributed by atoms with E-state index in [0.717, 1.165) is 31.6 Å². The largest absolute Gasteiger partial charge is 0.490 e. The van der Waals surface area contributed by atoms with Crippen LogP contribution < -0.4 is 9.64 Å². The van der Waals surface area contributed by atoms with Crippen molar-refractivity contribution in [3.8, 4) is 5.75 Å². The Balaban J connectivity index is 1.37. The van der Waals surface area contributed by atoms with E-state index in [4.69, 9.17) is 9.47 Å². The van der Waals surface area contributed by atoms with Gasteiger partial charge in [-0.25, -0.2) is 4.79 Å². The van der Waals surface area contributed by atoms with Gasteiger partial charge in [-0.1, -0.05) is 44.2 Å². The van der Waals surface area contributed by atoms with Crippen LogP contribution in [0, 0.1) is 11.8 Å². The second-order valence-electron chi connectivity index (χ2n) is 10.2. The molecule has 2 aromatic carbocycles. The first-order valence-electron chi connectivity index (χ1n) is 12.6. The van der Waals surface area contributed by atoms with Crippen molar-refractivity contribution >= 4 is 22.6 Å². The van der Waals surface area contributed by atoms with Gasteiger partial charge in [-0.05, 0) is 73.4 Å². The molecule has 4 nitrogen and oxygen atoms in total. The van der Waals surface area contributed by atoms with Gasteiger partial charge in [0.25, 0.3) is 0 Å². The number of halogens is 3. The molecule has 1 aliphatic heterocycles. The monoisotopic (exact) mass is 475 g/mol. The SMILES string of the molecule is CC1COC(=O)N1c1ccc2c(C(F)(F)F)c(OC3CCC(C4CCCCC4)CC3)ccc2c1. The lowest BCUT2D eigenvalue weighted by Crippen LogP contribution is -2.30. The normalized spacial score (nSPS) is 26.6. The number of cyclic esters (lactones) is 1. The van der Waals surface area contributed by atoms with Crippen LogP contribution in [0.3, 0.4) is 0 Å². The Labute approximate surface area is 198 Å². The lowest BCUT2D eigenvalue weighted by molar-refractivity contribution is -0.138. The van der Waals surface area contributed by atoms with E-state index in [9.17, 15) is 18.0 Å². The van der Waals surface area contributed by atoms with Crippen LogP contribution in [0.2, 0.25) is 0 Å². The number of fused-ring (bicyclic) bond motifs is 1. The molecule has 0 spiro atoms. The van der Waals surface area contributed by atoms with Gasteiger partial charge in [0.05, 0.1) is 12.1 Å². The Morgan fingerprint density at radius 1 is 0.941 bits per heavy atom. The molecule has 1 unspecified atom stereocenters. The van der Waals surface area contributed by atoms with Gasteiger partial charge in [0.2, 0.25) is 0 Å². The van der Waals surface area contributed by atoms with Crippen LogP contribution >= 0.6 is 0 Å². The minimum Gasteiger partial charge on any atom is -0.490 e. The molecule has 3 fully saturated rings. The summed E-state index contributed by atoms with van der Waals surface area (Å²) in [5.74, 6) is 1.38. The van der Waals surface area contributed by atoms with Gasteiger partial charge >= 0.3 is 12.3 Å². The Morgan fingerprint density at radius 2 is 1.65 bits per heavy atom. The van der Waals surface area contributed by atoms with Crippen molar-refractivity contribution in [3.63, 3.8) is 0 Å². The van der Waals surface area contributed by atoms with Crippen LogP contribution in [-0.2, 0) is 10.9 Å². The van der Waals surface area contributed by atoms with Crippen LogP contribution in [0.5, 0.6) is 5.75 Å². The van der Waals surface area contributed by atoms with Crippen molar-refractivity contribution in [2.24, 2.45) is 11.8 Å². The van der Waals surface area contributed by atoms with Gasteiger partial charge < -0.3 is 9.47 Å². The van der Waals surface area contributed by atoms with Crippen molar-refractivity contribution in [2.45, 2.75) is 83.0 Å². The summed E-state index contributed by atoms with van der Waals surface area (Å²) in [4.78, 5) is 13.5. The predicted octanol–water partition coefficient (Wildman–Crippen LogP) is 7.72. The number of alkyl halides is 3. The van der Waals surface area contributed by atoms with Crippen LogP contribution in [0.15, 0.2) is 30.3 Å². The van der Waals surface area contributed by atoms with Gasteiger partial charge in [0, 0.05) is 5.69 Å². The van der Waals surface area contributed by atoms with Gasteiger partial charge in [0.15, 0.2) is 0 Å². The molecule has 184 valence electrons. The molecule has 0 radical (unpaired) electrons. The van der Waals surface area contributed by atoms with Crippen molar-refractivity contribution in [1.82, 2.24) is 0 Å². The molecule has 7 heteroatoms. The molecule has 1 amide bonds. The van der Waals surface area contributed by atoms with Crippen molar-refractivity contribution in [2.75, 3.05) is 11.5 Å². The Kier molecular flexibility index (Phi) is 6.38. The molecule has 0 bridgehead atoms. The summed E-state index contributed by atoms with van der Waals surface area (Å²) in [5, 5.41) is 0.509. The average Bonchev–Trinajstić information content (AvgIpc) is 3.16. The number of amides is 1. The van der Waals surface area contributed by atoms with Crippen LogP contribution in [0.4, 0.5) is 23.7 Å². The number of carbonyl (C=O) groups excluding carboxylic acids is 1. The third-order valence-electron chi connectivity index (χ3n) is 7.94. The molecule has 5 rings (SSSR count). The molecule has 0 N–H and O–H groups in total. The van der Waals surface area contributed by atoms with E-state index in [1.165, 1.54) is 49.1 Å². The first kappa shape index (κ1) is 23.3. The number of benzene rings is 2. The summed E-state index contributed by atoms with van der Waals surface area (Å²) >= 11 is 0. The van der Waals surface area contributed by atoms with E-state index in [2.05, 4.69) is 0 Å². The summed E-state index contributed by atoms with van der Waals surface area (Å²) in [7, 11) is 0. The molecule has 0 aromatic heterocycles. The fraction of sp³-hybridized carbons (Fsp3) is 0.593. The maximum Gasteiger partial charge on any atom is 0.420 e. The lowest BCUT2D eigenvalue weighted by Gasteiger charge is -2.36. The molecule has 2 aliphatic carbocycles. The fourth-order valence-electron chi connectivity index (χ4n) is 6.18. The third kappa shape index (κ3) is 4.58. The zero-order chi connectivity index (χ0) is 23.9.